The lowest BCUT2D eigenvalue weighted by atomic mass is 10.0. The molecule has 9 nitrogen and oxygen atoms in total. The molecule has 0 unspecified atom stereocenters. The third-order valence-electron chi connectivity index (χ3n) is 5.11. The minimum atomic E-state index is -3.85. The van der Waals surface area contributed by atoms with Crippen LogP contribution in [0.3, 0.4) is 0 Å². The highest BCUT2D eigenvalue weighted by Crippen LogP contribution is 2.33. The van der Waals surface area contributed by atoms with Gasteiger partial charge in [-0.3, -0.25) is 9.36 Å². The van der Waals surface area contributed by atoms with Gasteiger partial charge in [0.15, 0.2) is 9.84 Å². The summed E-state index contributed by atoms with van der Waals surface area (Å²) in [7, 11) is -3.47. The zero-order valence-corrected chi connectivity index (χ0v) is 19.5. The number of carbonyl (C=O) groups excluding carboxylic acids is 1. The first-order valence-corrected chi connectivity index (χ1v) is 12.2. The molecule has 0 bridgehead atoms. The Balaban J connectivity index is 1.53. The number of nitrogens with zero attached hydrogens (tertiary/aromatic N) is 4. The zero-order valence-electron chi connectivity index (χ0n) is 18.0. The van der Waals surface area contributed by atoms with E-state index in [1.165, 1.54) is 43.0 Å². The summed E-state index contributed by atoms with van der Waals surface area (Å²) in [5.74, 6) is -0.674. The van der Waals surface area contributed by atoms with Gasteiger partial charge in [0.05, 0.1) is 22.1 Å². The van der Waals surface area contributed by atoms with Crippen LogP contribution in [0.2, 0.25) is 0 Å². The van der Waals surface area contributed by atoms with Crippen molar-refractivity contribution in [2.24, 2.45) is 0 Å². The van der Waals surface area contributed by atoms with Crippen LogP contribution in [0.15, 0.2) is 78.3 Å². The predicted octanol–water partition coefficient (Wildman–Crippen LogP) is 4.65. The average Bonchev–Trinajstić information content (AvgIpc) is 3.42. The molecule has 0 fully saturated rings. The number of sulfone groups is 1. The fourth-order valence-corrected chi connectivity index (χ4v) is 4.65. The van der Waals surface area contributed by atoms with Gasteiger partial charge in [0.1, 0.15) is 18.4 Å². The number of halogens is 3. The lowest BCUT2D eigenvalue weighted by Crippen LogP contribution is -2.16. The van der Waals surface area contributed by atoms with E-state index in [0.29, 0.717) is 33.5 Å². The molecule has 1 amide bonds. The first-order valence-electron chi connectivity index (χ1n) is 10.2. The molecule has 0 aliphatic carbocycles. The quantitative estimate of drug-likeness (QED) is 0.361. The molecule has 2 aromatic carbocycles. The maximum Gasteiger partial charge on any atom is 0.487 e. The molecule has 0 saturated heterocycles. The highest BCUT2D eigenvalue weighted by atomic mass is 35.5. The van der Waals surface area contributed by atoms with Gasteiger partial charge in [-0.1, -0.05) is 0 Å². The van der Waals surface area contributed by atoms with E-state index < -0.39 is 21.3 Å². The van der Waals surface area contributed by atoms with Gasteiger partial charge in [-0.15, -0.1) is 8.78 Å². The second-order valence-corrected chi connectivity index (χ2v) is 9.72. The Morgan fingerprint density at radius 3 is 2.47 bits per heavy atom. The van der Waals surface area contributed by atoms with Crippen molar-refractivity contribution in [2.75, 3.05) is 5.32 Å². The largest absolute Gasteiger partial charge is 0.487 e. The Labute approximate surface area is 207 Å². The van der Waals surface area contributed by atoms with Gasteiger partial charge in [0.2, 0.25) is 0 Å². The van der Waals surface area contributed by atoms with E-state index in [1.54, 1.807) is 29.1 Å². The third kappa shape index (κ3) is 4.95. The number of nitrogens with one attached hydrogen (secondary N) is 1. The summed E-state index contributed by atoms with van der Waals surface area (Å²) < 4.78 is 55.3. The van der Waals surface area contributed by atoms with Crippen LogP contribution in [0.1, 0.15) is 10.4 Å². The molecule has 4 aromatic rings. The summed E-state index contributed by atoms with van der Waals surface area (Å²) in [6.45, 7) is 0. The van der Waals surface area contributed by atoms with Gasteiger partial charge in [0, 0.05) is 51.8 Å². The van der Waals surface area contributed by atoms with Crippen LogP contribution < -0.4 is 10.1 Å². The first kappa shape index (κ1) is 23.6. The highest BCUT2D eigenvalue weighted by molar-refractivity contribution is 7.97. The number of rotatable bonds is 6. The van der Waals surface area contributed by atoms with E-state index >= 15 is 0 Å². The maximum absolute atomic E-state index is 13.1. The number of benzene rings is 2. The highest BCUT2D eigenvalue weighted by Gasteiger charge is 2.27. The summed E-state index contributed by atoms with van der Waals surface area (Å²) >= 11 is 4.76. The smallest absolute Gasteiger partial charge is 0.420 e. The van der Waals surface area contributed by atoms with Gasteiger partial charge in [0.25, 0.3) is 5.91 Å². The van der Waals surface area contributed by atoms with Crippen molar-refractivity contribution < 1.29 is 26.7 Å². The standard InChI is InChI=1S/C23H14ClF2N5O4S/c24-23(25,26)35-18-3-1-16(2-4-18)30-22(32)14-7-19(15-9-27-12-28-10-15)21-20(8-14)29-13-31(21)17-5-6-36(33,34)11-17/h1-13H,(H,30,32). The number of carbonyl (C=O) groups is 1. The molecule has 36 heavy (non-hydrogen) atoms. The minimum absolute atomic E-state index is 0.177. The van der Waals surface area contributed by atoms with Crippen LogP contribution >= 0.6 is 11.6 Å². The Kier molecular flexibility index (Phi) is 5.77. The van der Waals surface area contributed by atoms with E-state index in [-0.39, 0.29) is 11.3 Å². The molecule has 3 heterocycles. The van der Waals surface area contributed by atoms with Gasteiger partial charge in [-0.2, -0.15) is 0 Å². The molecule has 2 aromatic heterocycles. The van der Waals surface area contributed by atoms with Crippen LogP contribution in [0.4, 0.5) is 14.5 Å². The fourth-order valence-electron chi connectivity index (χ4n) is 3.63. The van der Waals surface area contributed by atoms with E-state index in [0.717, 1.165) is 10.8 Å². The number of fused-ring (bicyclic) bond motifs is 1. The molecule has 5 rings (SSSR count). The third-order valence-corrected chi connectivity index (χ3v) is 6.28. The summed E-state index contributed by atoms with van der Waals surface area (Å²) in [6.07, 6.45) is 7.39. The minimum Gasteiger partial charge on any atom is -0.420 e. The molecule has 1 N–H and O–H groups in total. The van der Waals surface area contributed by atoms with Crippen molar-refractivity contribution in [1.29, 1.82) is 0 Å². The average molecular weight is 530 g/mol. The van der Waals surface area contributed by atoms with Crippen molar-refractivity contribution in [3.05, 3.63) is 83.9 Å². The number of imidazole rings is 1. The Morgan fingerprint density at radius 2 is 1.83 bits per heavy atom. The zero-order chi connectivity index (χ0) is 25.5. The van der Waals surface area contributed by atoms with E-state index in [9.17, 15) is 22.0 Å². The normalized spacial score (nSPS) is 14.6. The fraction of sp³-hybridized carbons (Fsp3) is 0.0435. The molecule has 0 radical (unpaired) electrons. The molecular weight excluding hydrogens is 516 g/mol. The number of aromatic nitrogens is 4. The number of ether oxygens (including phenoxy) is 1. The number of hydrogen-bond acceptors (Lipinski definition) is 7. The summed E-state index contributed by atoms with van der Waals surface area (Å²) in [5.41, 5.74) is -0.802. The molecular formula is C23H14ClF2N5O4S. The van der Waals surface area contributed by atoms with Crippen molar-refractivity contribution in [2.45, 2.75) is 5.57 Å². The lowest BCUT2D eigenvalue weighted by molar-refractivity contribution is -0.0964. The maximum atomic E-state index is 13.1. The van der Waals surface area contributed by atoms with Crippen molar-refractivity contribution in [3.8, 4) is 16.9 Å². The van der Waals surface area contributed by atoms with E-state index in [2.05, 4.69) is 25.0 Å². The molecule has 13 heteroatoms. The molecule has 0 atom stereocenters. The monoisotopic (exact) mass is 529 g/mol. The second-order valence-electron chi connectivity index (χ2n) is 7.59. The van der Waals surface area contributed by atoms with Crippen LogP contribution in [0.25, 0.3) is 27.9 Å². The first-order chi connectivity index (χ1) is 17.1. The molecule has 0 saturated carbocycles. The van der Waals surface area contributed by atoms with E-state index in [1.807, 2.05) is 0 Å². The van der Waals surface area contributed by atoms with Crippen LogP contribution in [-0.2, 0) is 9.84 Å². The van der Waals surface area contributed by atoms with Gasteiger partial charge >= 0.3 is 5.57 Å². The summed E-state index contributed by atoms with van der Waals surface area (Å²) in [4.78, 5) is 25.5. The Morgan fingerprint density at radius 1 is 1.11 bits per heavy atom. The lowest BCUT2D eigenvalue weighted by Gasteiger charge is -2.12. The Hall–Kier alpha value is -4.16. The summed E-state index contributed by atoms with van der Waals surface area (Å²) in [5, 5.41) is 4.89. The van der Waals surface area contributed by atoms with Crippen LogP contribution in [0, 0.1) is 0 Å². The van der Waals surface area contributed by atoms with E-state index in [4.69, 9.17) is 11.6 Å². The number of alkyl halides is 3. The predicted molar refractivity (Wildman–Crippen MR) is 129 cm³/mol. The molecule has 0 spiro atoms. The second kappa shape index (κ2) is 8.81. The molecule has 1 aliphatic rings. The summed E-state index contributed by atoms with van der Waals surface area (Å²) in [6, 6.07) is 8.39. The Bertz CT molecular complexity index is 1650. The SMILES string of the molecule is O=C(Nc1ccc(OC(F)(F)Cl)cc1)c1cc(-c2cncnc2)c2c(c1)ncn2C1=CS(=O)(=O)C=C1. The number of amides is 1. The number of anilines is 1. The molecule has 1 aliphatic heterocycles. The number of hydrogen-bond donors (Lipinski definition) is 1. The molecule has 182 valence electrons. The van der Waals surface area contributed by atoms with Crippen molar-refractivity contribution in [1.82, 2.24) is 19.5 Å². The van der Waals surface area contributed by atoms with Gasteiger partial charge in [-0.25, -0.2) is 23.4 Å². The van der Waals surface area contributed by atoms with Gasteiger partial charge < -0.3 is 10.1 Å². The van der Waals surface area contributed by atoms with Crippen molar-refractivity contribution >= 4 is 49.8 Å². The van der Waals surface area contributed by atoms with Gasteiger partial charge in [-0.05, 0) is 42.5 Å². The number of allylic oxidation sites excluding steroid dienone is 2. The van der Waals surface area contributed by atoms with Crippen LogP contribution in [0.5, 0.6) is 5.75 Å². The van der Waals surface area contributed by atoms with Crippen molar-refractivity contribution in [3.63, 3.8) is 0 Å². The van der Waals surface area contributed by atoms with Crippen LogP contribution in [-0.4, -0.2) is 39.4 Å². The topological polar surface area (TPSA) is 116 Å².